The van der Waals surface area contributed by atoms with E-state index in [4.69, 9.17) is 0 Å². The molecule has 0 aliphatic rings. The van der Waals surface area contributed by atoms with Crippen LogP contribution in [-0.2, 0) is 6.54 Å². The molecule has 0 fully saturated rings. The summed E-state index contributed by atoms with van der Waals surface area (Å²) >= 11 is 0. The summed E-state index contributed by atoms with van der Waals surface area (Å²) in [6, 6.07) is 5.88. The van der Waals surface area contributed by atoms with Crippen LogP contribution in [0.4, 0.5) is 8.78 Å². The van der Waals surface area contributed by atoms with E-state index >= 15 is 0 Å². The van der Waals surface area contributed by atoms with Crippen molar-refractivity contribution in [1.29, 1.82) is 0 Å². The van der Waals surface area contributed by atoms with Gasteiger partial charge in [-0.3, -0.25) is 9.59 Å². The molecule has 0 aliphatic carbocycles. The van der Waals surface area contributed by atoms with Gasteiger partial charge in [-0.25, -0.2) is 13.5 Å². The topological polar surface area (TPSA) is 52.0 Å². The summed E-state index contributed by atoms with van der Waals surface area (Å²) in [5.41, 5.74) is -0.630. The van der Waals surface area contributed by atoms with Crippen molar-refractivity contribution in [1.82, 2.24) is 9.78 Å². The molecule has 2 rings (SSSR count). The van der Waals surface area contributed by atoms with Crippen molar-refractivity contribution in [2.75, 3.05) is 0 Å². The predicted molar refractivity (Wildman–Crippen MR) is 63.9 cm³/mol. The molecular formula is C13H10F2N2O2. The lowest BCUT2D eigenvalue weighted by atomic mass is 10.1. The number of carbonyl (C=O) groups is 1. The fraction of sp³-hybridized carbons (Fsp3) is 0.154. The maximum atomic E-state index is 13.4. The summed E-state index contributed by atoms with van der Waals surface area (Å²) in [5, 5.41) is 3.84. The normalized spacial score (nSPS) is 10.5. The summed E-state index contributed by atoms with van der Waals surface area (Å²) in [4.78, 5) is 23.3. The van der Waals surface area contributed by atoms with Gasteiger partial charge in [-0.15, -0.1) is 0 Å². The van der Waals surface area contributed by atoms with E-state index in [1.807, 2.05) is 0 Å². The summed E-state index contributed by atoms with van der Waals surface area (Å²) in [7, 11) is 0. The van der Waals surface area contributed by atoms with Gasteiger partial charge in [0.1, 0.15) is 18.2 Å². The van der Waals surface area contributed by atoms with Crippen LogP contribution in [0.25, 0.3) is 0 Å². The third kappa shape index (κ3) is 2.73. The van der Waals surface area contributed by atoms with Gasteiger partial charge in [-0.2, -0.15) is 5.10 Å². The average molecular weight is 264 g/mol. The zero-order valence-electron chi connectivity index (χ0n) is 10.1. The average Bonchev–Trinajstić information content (AvgIpc) is 2.33. The van der Waals surface area contributed by atoms with Crippen LogP contribution < -0.4 is 5.56 Å². The quantitative estimate of drug-likeness (QED) is 0.793. The van der Waals surface area contributed by atoms with E-state index in [1.54, 1.807) is 6.92 Å². The maximum Gasteiger partial charge on any atom is 0.267 e. The molecule has 0 radical (unpaired) electrons. The second-order valence-corrected chi connectivity index (χ2v) is 3.99. The van der Waals surface area contributed by atoms with Gasteiger partial charge in [-0.05, 0) is 25.1 Å². The molecule has 0 bridgehead atoms. The molecule has 0 unspecified atom stereocenters. The zero-order valence-corrected chi connectivity index (χ0v) is 10.1. The van der Waals surface area contributed by atoms with Gasteiger partial charge in [0.2, 0.25) is 0 Å². The number of Topliss-reactive ketones (excluding diaryl/α,β-unsaturated/α-hetero) is 1. The minimum Gasteiger partial charge on any atom is -0.292 e. The van der Waals surface area contributed by atoms with Crippen molar-refractivity contribution in [2.45, 2.75) is 13.5 Å². The number of aromatic nitrogens is 2. The number of halogens is 2. The first kappa shape index (κ1) is 13.1. The summed E-state index contributed by atoms with van der Waals surface area (Å²) in [6.07, 6.45) is 0. The molecule has 19 heavy (non-hydrogen) atoms. The Hall–Kier alpha value is -2.37. The Morgan fingerprint density at radius 2 is 1.84 bits per heavy atom. The molecule has 4 nitrogen and oxygen atoms in total. The highest BCUT2D eigenvalue weighted by Gasteiger charge is 2.18. The Balaban J connectivity index is 2.36. The Morgan fingerprint density at radius 1 is 1.21 bits per heavy atom. The first-order chi connectivity index (χ1) is 8.99. The van der Waals surface area contributed by atoms with Crippen LogP contribution in [0.5, 0.6) is 0 Å². The highest BCUT2D eigenvalue weighted by atomic mass is 19.1. The monoisotopic (exact) mass is 264 g/mol. The van der Waals surface area contributed by atoms with E-state index in [9.17, 15) is 18.4 Å². The van der Waals surface area contributed by atoms with Crippen LogP contribution in [0, 0.1) is 18.6 Å². The number of rotatable bonds is 3. The number of benzene rings is 1. The molecule has 0 aliphatic heterocycles. The van der Waals surface area contributed by atoms with Gasteiger partial charge >= 0.3 is 0 Å². The van der Waals surface area contributed by atoms with Crippen LogP contribution in [0.3, 0.4) is 0 Å². The Labute approximate surface area is 107 Å². The largest absolute Gasteiger partial charge is 0.292 e. The smallest absolute Gasteiger partial charge is 0.267 e. The maximum absolute atomic E-state index is 13.4. The number of nitrogens with zero attached hydrogens (tertiary/aromatic N) is 2. The SMILES string of the molecule is Cc1ccc(=O)n(CC(=O)c2c(F)cccc2F)n1. The second-order valence-electron chi connectivity index (χ2n) is 3.99. The van der Waals surface area contributed by atoms with Gasteiger partial charge in [-0.1, -0.05) is 6.07 Å². The van der Waals surface area contributed by atoms with Gasteiger partial charge in [0.25, 0.3) is 5.56 Å². The summed E-state index contributed by atoms with van der Waals surface area (Å²) in [5.74, 6) is -2.74. The second kappa shape index (κ2) is 5.09. The summed E-state index contributed by atoms with van der Waals surface area (Å²) in [6.45, 7) is 1.14. The molecule has 0 N–H and O–H groups in total. The standard InChI is InChI=1S/C13H10F2N2O2/c1-8-5-6-12(19)17(16-8)7-11(18)13-9(14)3-2-4-10(13)15/h2-6H,7H2,1H3. The molecule has 0 saturated carbocycles. The third-order valence-corrected chi connectivity index (χ3v) is 2.53. The predicted octanol–water partition coefficient (Wildman–Crippen LogP) is 1.71. The van der Waals surface area contributed by atoms with E-state index < -0.39 is 35.1 Å². The molecule has 0 spiro atoms. The van der Waals surface area contributed by atoms with E-state index in [0.29, 0.717) is 5.69 Å². The van der Waals surface area contributed by atoms with Gasteiger partial charge in [0, 0.05) is 6.07 Å². The molecule has 1 heterocycles. The van der Waals surface area contributed by atoms with E-state index in [2.05, 4.69) is 5.10 Å². The number of hydrogen-bond acceptors (Lipinski definition) is 3. The zero-order chi connectivity index (χ0) is 14.0. The molecule has 0 atom stereocenters. The van der Waals surface area contributed by atoms with Crippen LogP contribution in [-0.4, -0.2) is 15.6 Å². The van der Waals surface area contributed by atoms with Crippen LogP contribution in [0.1, 0.15) is 16.1 Å². The van der Waals surface area contributed by atoms with E-state index in [0.717, 1.165) is 16.8 Å². The van der Waals surface area contributed by atoms with Gasteiger partial charge in [0.15, 0.2) is 5.78 Å². The molecule has 0 amide bonds. The minimum absolute atomic E-state index is 0.502. The number of aryl methyl sites for hydroxylation is 1. The fourth-order valence-electron chi connectivity index (χ4n) is 1.64. The number of hydrogen-bond donors (Lipinski definition) is 0. The van der Waals surface area contributed by atoms with Crippen molar-refractivity contribution in [3.8, 4) is 0 Å². The fourth-order valence-corrected chi connectivity index (χ4v) is 1.64. The lowest BCUT2D eigenvalue weighted by Crippen LogP contribution is -2.27. The van der Waals surface area contributed by atoms with Crippen molar-refractivity contribution in [2.24, 2.45) is 0 Å². The molecule has 1 aromatic carbocycles. The Bertz CT molecular complexity index is 675. The Kier molecular flexibility index (Phi) is 3.50. The van der Waals surface area contributed by atoms with Crippen molar-refractivity contribution in [3.05, 3.63) is 63.6 Å². The molecular weight excluding hydrogens is 254 g/mol. The number of carbonyl (C=O) groups excluding carboxylic acids is 1. The minimum atomic E-state index is -0.953. The highest BCUT2D eigenvalue weighted by molar-refractivity contribution is 5.96. The van der Waals surface area contributed by atoms with E-state index in [1.165, 1.54) is 18.2 Å². The molecule has 98 valence electrons. The molecule has 0 saturated heterocycles. The third-order valence-electron chi connectivity index (χ3n) is 2.53. The van der Waals surface area contributed by atoms with Crippen LogP contribution >= 0.6 is 0 Å². The first-order valence-corrected chi connectivity index (χ1v) is 5.51. The van der Waals surface area contributed by atoms with Crippen molar-refractivity contribution >= 4 is 5.78 Å². The van der Waals surface area contributed by atoms with Gasteiger partial charge in [0.05, 0.1) is 11.3 Å². The van der Waals surface area contributed by atoms with Crippen LogP contribution in [0.2, 0.25) is 0 Å². The van der Waals surface area contributed by atoms with Crippen molar-refractivity contribution in [3.63, 3.8) is 0 Å². The lowest BCUT2D eigenvalue weighted by Gasteiger charge is -2.06. The van der Waals surface area contributed by atoms with Crippen LogP contribution in [0.15, 0.2) is 35.1 Å². The lowest BCUT2D eigenvalue weighted by molar-refractivity contribution is 0.0957. The Morgan fingerprint density at radius 3 is 2.47 bits per heavy atom. The highest BCUT2D eigenvalue weighted by Crippen LogP contribution is 2.13. The summed E-state index contributed by atoms with van der Waals surface area (Å²) < 4.78 is 27.7. The van der Waals surface area contributed by atoms with Crippen molar-refractivity contribution < 1.29 is 13.6 Å². The molecule has 1 aromatic heterocycles. The number of ketones is 1. The van der Waals surface area contributed by atoms with Gasteiger partial charge < -0.3 is 0 Å². The first-order valence-electron chi connectivity index (χ1n) is 5.51. The molecule has 6 heteroatoms. The molecule has 2 aromatic rings. The van der Waals surface area contributed by atoms with E-state index in [-0.39, 0.29) is 0 Å².